The summed E-state index contributed by atoms with van der Waals surface area (Å²) in [5.41, 5.74) is 6.21. The van der Waals surface area contributed by atoms with Crippen LogP contribution in [-0.2, 0) is 0 Å². The molecule has 76 valence electrons. The Morgan fingerprint density at radius 3 is 2.71 bits per heavy atom. The number of hydrogen-bond acceptors (Lipinski definition) is 4. The molecule has 4 heteroatoms. The Morgan fingerprint density at radius 1 is 1.57 bits per heavy atom. The van der Waals surface area contributed by atoms with E-state index in [-0.39, 0.29) is 18.1 Å². The van der Waals surface area contributed by atoms with Gasteiger partial charge in [0.1, 0.15) is 11.5 Å². The first-order valence-corrected chi connectivity index (χ1v) is 4.21. The number of ether oxygens (including phenoxy) is 1. The first-order chi connectivity index (χ1) is 6.60. The van der Waals surface area contributed by atoms with Gasteiger partial charge in [0.15, 0.2) is 5.78 Å². The lowest BCUT2D eigenvalue weighted by atomic mass is 10.1. The van der Waals surface area contributed by atoms with Gasteiger partial charge in [0, 0.05) is 0 Å². The molecule has 0 heterocycles. The number of carbonyl (C=O) groups is 1. The molecule has 1 rings (SSSR count). The Bertz CT molecular complexity index is 361. The fourth-order valence-corrected chi connectivity index (χ4v) is 1.17. The number of methoxy groups -OCH3 is 1. The number of carbonyl (C=O) groups excluding carboxylic acids is 1. The molecule has 0 atom stereocenters. The van der Waals surface area contributed by atoms with Crippen molar-refractivity contribution in [1.29, 1.82) is 0 Å². The zero-order valence-corrected chi connectivity index (χ0v) is 8.20. The van der Waals surface area contributed by atoms with E-state index in [0.717, 1.165) is 0 Å². The van der Waals surface area contributed by atoms with E-state index >= 15 is 0 Å². The minimum Gasteiger partial charge on any atom is -0.508 e. The Balaban J connectivity index is 3.27. The molecule has 0 unspecified atom stereocenters. The minimum absolute atomic E-state index is 0.0719. The predicted octanol–water partition coefficient (Wildman–Crippen LogP) is 0.851. The van der Waals surface area contributed by atoms with Crippen molar-refractivity contribution in [3.05, 3.63) is 23.3 Å². The third-order valence-corrected chi connectivity index (χ3v) is 2.00. The van der Waals surface area contributed by atoms with Crippen molar-refractivity contribution >= 4 is 5.78 Å². The molecule has 0 aliphatic heterocycles. The molecule has 0 aliphatic rings. The topological polar surface area (TPSA) is 72.5 Å². The molecule has 4 nitrogen and oxygen atoms in total. The summed E-state index contributed by atoms with van der Waals surface area (Å²) in [6.07, 6.45) is 0. The average molecular weight is 195 g/mol. The van der Waals surface area contributed by atoms with Crippen LogP contribution in [0.15, 0.2) is 12.1 Å². The lowest BCUT2D eigenvalue weighted by Crippen LogP contribution is -2.14. The van der Waals surface area contributed by atoms with E-state index in [2.05, 4.69) is 0 Å². The van der Waals surface area contributed by atoms with Gasteiger partial charge in [0.05, 0.1) is 19.2 Å². The van der Waals surface area contributed by atoms with Gasteiger partial charge in [0.2, 0.25) is 0 Å². The van der Waals surface area contributed by atoms with Crippen LogP contribution in [0.2, 0.25) is 0 Å². The number of aryl methyl sites for hydroxylation is 1. The second kappa shape index (κ2) is 4.11. The van der Waals surface area contributed by atoms with Crippen molar-refractivity contribution in [1.82, 2.24) is 0 Å². The van der Waals surface area contributed by atoms with E-state index in [0.29, 0.717) is 16.9 Å². The van der Waals surface area contributed by atoms with Gasteiger partial charge in [-0.1, -0.05) is 0 Å². The number of Topliss-reactive ketones (excluding diaryl/α,β-unsaturated/α-hetero) is 1. The molecular weight excluding hydrogens is 182 g/mol. The molecule has 0 saturated heterocycles. The number of rotatable bonds is 3. The minimum atomic E-state index is -0.253. The molecule has 0 bridgehead atoms. The number of ketones is 1. The first-order valence-electron chi connectivity index (χ1n) is 4.21. The second-order valence-electron chi connectivity index (χ2n) is 2.97. The van der Waals surface area contributed by atoms with E-state index in [1.54, 1.807) is 13.0 Å². The summed E-state index contributed by atoms with van der Waals surface area (Å²) in [6, 6.07) is 2.99. The van der Waals surface area contributed by atoms with Crippen LogP contribution in [0.5, 0.6) is 11.5 Å². The fraction of sp³-hybridized carbons (Fsp3) is 0.300. The van der Waals surface area contributed by atoms with Gasteiger partial charge in [-0.05, 0) is 24.6 Å². The third-order valence-electron chi connectivity index (χ3n) is 2.00. The fourth-order valence-electron chi connectivity index (χ4n) is 1.17. The largest absolute Gasteiger partial charge is 0.508 e. The Morgan fingerprint density at radius 2 is 2.21 bits per heavy atom. The van der Waals surface area contributed by atoms with Crippen molar-refractivity contribution in [2.75, 3.05) is 13.7 Å². The lowest BCUT2D eigenvalue weighted by Gasteiger charge is -2.08. The Labute approximate surface area is 82.3 Å². The average Bonchev–Trinajstić information content (AvgIpc) is 2.20. The maximum absolute atomic E-state index is 11.3. The van der Waals surface area contributed by atoms with Gasteiger partial charge >= 0.3 is 0 Å². The van der Waals surface area contributed by atoms with Gasteiger partial charge < -0.3 is 15.6 Å². The highest BCUT2D eigenvalue weighted by Gasteiger charge is 2.13. The van der Waals surface area contributed by atoms with Crippen molar-refractivity contribution in [3.63, 3.8) is 0 Å². The normalized spacial score (nSPS) is 9.93. The first kappa shape index (κ1) is 10.5. The summed E-state index contributed by atoms with van der Waals surface area (Å²) < 4.78 is 5.02. The van der Waals surface area contributed by atoms with Crippen LogP contribution in [0.25, 0.3) is 0 Å². The smallest absolute Gasteiger partial charge is 0.180 e. The van der Waals surface area contributed by atoms with Crippen LogP contribution in [0.1, 0.15) is 15.9 Å². The van der Waals surface area contributed by atoms with Crippen molar-refractivity contribution < 1.29 is 14.6 Å². The van der Waals surface area contributed by atoms with E-state index in [1.807, 2.05) is 0 Å². The quantitative estimate of drug-likeness (QED) is 0.701. The number of aromatic hydroxyl groups is 1. The molecule has 0 saturated carbocycles. The van der Waals surface area contributed by atoms with Crippen LogP contribution in [0, 0.1) is 6.92 Å². The van der Waals surface area contributed by atoms with Gasteiger partial charge in [-0.3, -0.25) is 4.79 Å². The highest BCUT2D eigenvalue weighted by Crippen LogP contribution is 2.27. The number of phenolic OH excluding ortho intramolecular Hbond substituents is 1. The maximum atomic E-state index is 11.3. The summed E-state index contributed by atoms with van der Waals surface area (Å²) in [7, 11) is 1.47. The second-order valence-corrected chi connectivity index (χ2v) is 2.97. The van der Waals surface area contributed by atoms with Gasteiger partial charge in [-0.2, -0.15) is 0 Å². The molecule has 0 aromatic heterocycles. The van der Waals surface area contributed by atoms with Gasteiger partial charge in [-0.15, -0.1) is 0 Å². The summed E-state index contributed by atoms with van der Waals surface area (Å²) in [5.74, 6) is 0.260. The molecule has 3 N–H and O–H groups in total. The molecule has 0 spiro atoms. The monoisotopic (exact) mass is 195 g/mol. The van der Waals surface area contributed by atoms with E-state index in [1.165, 1.54) is 13.2 Å². The van der Waals surface area contributed by atoms with Crippen molar-refractivity contribution in [3.8, 4) is 11.5 Å². The van der Waals surface area contributed by atoms with E-state index in [9.17, 15) is 9.90 Å². The van der Waals surface area contributed by atoms with Crippen LogP contribution in [-0.4, -0.2) is 24.5 Å². The van der Waals surface area contributed by atoms with Crippen molar-refractivity contribution in [2.45, 2.75) is 6.92 Å². The molecule has 1 aromatic rings. The summed E-state index contributed by atoms with van der Waals surface area (Å²) >= 11 is 0. The van der Waals surface area contributed by atoms with Crippen LogP contribution < -0.4 is 10.5 Å². The highest BCUT2D eigenvalue weighted by atomic mass is 16.5. The molecule has 0 amide bonds. The molecular formula is C10H13NO3. The molecule has 14 heavy (non-hydrogen) atoms. The SMILES string of the molecule is COc1cc(C)c(O)cc1C(=O)CN. The highest BCUT2D eigenvalue weighted by molar-refractivity contribution is 6.00. The molecule has 0 radical (unpaired) electrons. The van der Waals surface area contributed by atoms with Crippen LogP contribution >= 0.6 is 0 Å². The van der Waals surface area contributed by atoms with Gasteiger partial charge in [-0.25, -0.2) is 0 Å². The Kier molecular flexibility index (Phi) is 3.09. The molecule has 0 fully saturated rings. The summed E-state index contributed by atoms with van der Waals surface area (Å²) in [5, 5.41) is 9.42. The standard InChI is InChI=1S/C10H13NO3/c1-6-3-10(14-2)7(4-8(6)12)9(13)5-11/h3-4,12H,5,11H2,1-2H3. The zero-order valence-electron chi connectivity index (χ0n) is 8.20. The van der Waals surface area contributed by atoms with Crippen LogP contribution in [0.3, 0.4) is 0 Å². The number of hydrogen-bond donors (Lipinski definition) is 2. The number of nitrogens with two attached hydrogens (primary N) is 1. The zero-order chi connectivity index (χ0) is 10.7. The number of phenols is 1. The van der Waals surface area contributed by atoms with Gasteiger partial charge in [0.25, 0.3) is 0 Å². The Hall–Kier alpha value is -1.55. The summed E-state index contributed by atoms with van der Waals surface area (Å²) in [6.45, 7) is 1.63. The van der Waals surface area contributed by atoms with E-state index in [4.69, 9.17) is 10.5 Å². The lowest BCUT2D eigenvalue weighted by molar-refractivity contribution is 0.0998. The van der Waals surface area contributed by atoms with Crippen molar-refractivity contribution in [2.24, 2.45) is 5.73 Å². The number of benzene rings is 1. The summed E-state index contributed by atoms with van der Waals surface area (Å²) in [4.78, 5) is 11.3. The third kappa shape index (κ3) is 1.85. The van der Waals surface area contributed by atoms with Crippen LogP contribution in [0.4, 0.5) is 0 Å². The predicted molar refractivity (Wildman–Crippen MR) is 52.8 cm³/mol. The molecule has 1 aromatic carbocycles. The molecule has 0 aliphatic carbocycles. The van der Waals surface area contributed by atoms with E-state index < -0.39 is 0 Å². The maximum Gasteiger partial charge on any atom is 0.180 e.